The Kier molecular flexibility index (Phi) is 3.53. The number of hydrogen-bond acceptors (Lipinski definition) is 1. The molecular weight excluding hydrogens is 210 g/mol. The number of rotatable bonds is 4. The van der Waals surface area contributed by atoms with Gasteiger partial charge in [0.1, 0.15) is 0 Å². The molecule has 2 nitrogen and oxygen atoms in total. The van der Waals surface area contributed by atoms with Crippen molar-refractivity contribution >= 4 is 10.9 Å². The molecule has 1 heterocycles. The van der Waals surface area contributed by atoms with Crippen LogP contribution >= 0.6 is 0 Å². The molecule has 0 aliphatic rings. The Hall–Kier alpha value is -1.28. The van der Waals surface area contributed by atoms with Crippen LogP contribution in [0.2, 0.25) is 0 Å². The zero-order valence-electron chi connectivity index (χ0n) is 10.9. The first kappa shape index (κ1) is 12.2. The van der Waals surface area contributed by atoms with E-state index < -0.39 is 6.10 Å². The zero-order valence-corrected chi connectivity index (χ0v) is 10.9. The van der Waals surface area contributed by atoms with E-state index >= 15 is 0 Å². The molecular formula is C15H21NO. The zero-order chi connectivity index (χ0) is 12.4. The smallest absolute Gasteiger partial charge is 0.0782 e. The number of aryl methyl sites for hydroxylation is 2. The van der Waals surface area contributed by atoms with E-state index in [1.165, 1.54) is 29.3 Å². The molecule has 0 spiro atoms. The van der Waals surface area contributed by atoms with Gasteiger partial charge in [-0.15, -0.1) is 0 Å². The van der Waals surface area contributed by atoms with Crippen molar-refractivity contribution < 1.29 is 5.11 Å². The van der Waals surface area contributed by atoms with Crippen molar-refractivity contribution in [3.63, 3.8) is 0 Å². The molecule has 0 amide bonds. The lowest BCUT2D eigenvalue weighted by atomic mass is 10.1. The van der Waals surface area contributed by atoms with E-state index in [0.717, 1.165) is 12.1 Å². The highest BCUT2D eigenvalue weighted by Gasteiger charge is 2.11. The summed E-state index contributed by atoms with van der Waals surface area (Å²) >= 11 is 0. The SMILES string of the molecule is CCCCn1cc(C(C)O)c2ccc(C)cc21. The molecule has 1 aromatic carbocycles. The molecule has 0 saturated heterocycles. The molecule has 0 fully saturated rings. The minimum atomic E-state index is -0.400. The number of benzene rings is 1. The summed E-state index contributed by atoms with van der Waals surface area (Å²) < 4.78 is 2.27. The first-order valence-corrected chi connectivity index (χ1v) is 6.41. The third-order valence-electron chi connectivity index (χ3n) is 3.27. The van der Waals surface area contributed by atoms with Crippen molar-refractivity contribution in [3.05, 3.63) is 35.5 Å². The minimum absolute atomic E-state index is 0.400. The third kappa shape index (κ3) is 2.37. The van der Waals surface area contributed by atoms with Crippen molar-refractivity contribution in [1.29, 1.82) is 0 Å². The highest BCUT2D eigenvalue weighted by molar-refractivity contribution is 5.85. The molecule has 0 aliphatic carbocycles. The van der Waals surface area contributed by atoms with Crippen LogP contribution in [0.25, 0.3) is 10.9 Å². The fraction of sp³-hybridized carbons (Fsp3) is 0.467. The number of aromatic nitrogens is 1. The molecule has 0 saturated carbocycles. The first-order chi connectivity index (χ1) is 8.13. The molecule has 1 N–H and O–H groups in total. The van der Waals surface area contributed by atoms with Crippen LogP contribution in [0, 0.1) is 6.92 Å². The van der Waals surface area contributed by atoms with Crippen LogP contribution in [0.1, 0.15) is 43.9 Å². The van der Waals surface area contributed by atoms with Gasteiger partial charge in [-0.1, -0.05) is 25.5 Å². The van der Waals surface area contributed by atoms with Crippen molar-refractivity contribution in [2.45, 2.75) is 46.3 Å². The lowest BCUT2D eigenvalue weighted by molar-refractivity contribution is 0.200. The van der Waals surface area contributed by atoms with Gasteiger partial charge in [0.15, 0.2) is 0 Å². The van der Waals surface area contributed by atoms with E-state index in [1.54, 1.807) is 0 Å². The summed E-state index contributed by atoms with van der Waals surface area (Å²) in [7, 11) is 0. The van der Waals surface area contributed by atoms with Crippen LogP contribution in [0.4, 0.5) is 0 Å². The molecule has 0 radical (unpaired) electrons. The van der Waals surface area contributed by atoms with Gasteiger partial charge >= 0.3 is 0 Å². The highest BCUT2D eigenvalue weighted by Crippen LogP contribution is 2.27. The Morgan fingerprint density at radius 1 is 1.35 bits per heavy atom. The molecule has 92 valence electrons. The topological polar surface area (TPSA) is 25.2 Å². The second-order valence-electron chi connectivity index (χ2n) is 4.83. The minimum Gasteiger partial charge on any atom is -0.389 e. The maximum Gasteiger partial charge on any atom is 0.0782 e. The molecule has 2 heteroatoms. The summed E-state index contributed by atoms with van der Waals surface area (Å²) in [4.78, 5) is 0. The molecule has 2 rings (SSSR count). The second-order valence-corrected chi connectivity index (χ2v) is 4.83. The van der Waals surface area contributed by atoms with E-state index in [9.17, 15) is 5.11 Å². The molecule has 1 aromatic heterocycles. The molecule has 17 heavy (non-hydrogen) atoms. The second kappa shape index (κ2) is 4.92. The summed E-state index contributed by atoms with van der Waals surface area (Å²) in [6.07, 6.45) is 4.07. The van der Waals surface area contributed by atoms with Crippen molar-refractivity contribution in [3.8, 4) is 0 Å². The Bertz CT molecular complexity index is 511. The van der Waals surface area contributed by atoms with Gasteiger partial charge in [-0.3, -0.25) is 0 Å². The van der Waals surface area contributed by atoms with Crippen molar-refractivity contribution in [2.75, 3.05) is 0 Å². The van der Waals surface area contributed by atoms with Gasteiger partial charge in [-0.25, -0.2) is 0 Å². The number of hydrogen-bond donors (Lipinski definition) is 1. The van der Waals surface area contributed by atoms with E-state index in [2.05, 4.69) is 42.8 Å². The number of aliphatic hydroxyl groups excluding tert-OH is 1. The predicted octanol–water partition coefficient (Wildman–Crippen LogP) is 3.80. The van der Waals surface area contributed by atoms with Gasteiger partial charge < -0.3 is 9.67 Å². The lowest BCUT2D eigenvalue weighted by Crippen LogP contribution is -1.95. The fourth-order valence-electron chi connectivity index (χ4n) is 2.28. The monoisotopic (exact) mass is 231 g/mol. The van der Waals surface area contributed by atoms with E-state index in [4.69, 9.17) is 0 Å². The Morgan fingerprint density at radius 2 is 2.12 bits per heavy atom. The van der Waals surface area contributed by atoms with Crippen LogP contribution in [-0.4, -0.2) is 9.67 Å². The van der Waals surface area contributed by atoms with Gasteiger partial charge in [0.2, 0.25) is 0 Å². The van der Waals surface area contributed by atoms with E-state index in [-0.39, 0.29) is 0 Å². The van der Waals surface area contributed by atoms with Gasteiger partial charge in [0.05, 0.1) is 6.10 Å². The van der Waals surface area contributed by atoms with Crippen molar-refractivity contribution in [2.24, 2.45) is 0 Å². The molecule has 0 aliphatic heterocycles. The average molecular weight is 231 g/mol. The predicted molar refractivity (Wildman–Crippen MR) is 72.2 cm³/mol. The summed E-state index contributed by atoms with van der Waals surface area (Å²) in [5, 5.41) is 11.0. The van der Waals surface area contributed by atoms with Crippen molar-refractivity contribution in [1.82, 2.24) is 4.57 Å². The van der Waals surface area contributed by atoms with E-state index in [0.29, 0.717) is 0 Å². The molecule has 0 bridgehead atoms. The van der Waals surface area contributed by atoms with Gasteiger partial charge in [-0.2, -0.15) is 0 Å². The van der Waals surface area contributed by atoms with Crippen LogP contribution in [0.3, 0.4) is 0 Å². The Labute approximate surface area is 103 Å². The number of aliphatic hydroxyl groups is 1. The first-order valence-electron chi connectivity index (χ1n) is 6.41. The average Bonchev–Trinajstić information content (AvgIpc) is 2.64. The van der Waals surface area contributed by atoms with Gasteiger partial charge in [0, 0.05) is 29.2 Å². The largest absolute Gasteiger partial charge is 0.389 e. The summed E-state index contributed by atoms with van der Waals surface area (Å²) in [5.41, 5.74) is 3.55. The maximum absolute atomic E-state index is 9.82. The summed E-state index contributed by atoms with van der Waals surface area (Å²) in [6, 6.07) is 6.43. The normalized spacial score (nSPS) is 13.2. The highest BCUT2D eigenvalue weighted by atomic mass is 16.3. The van der Waals surface area contributed by atoms with Crippen LogP contribution in [0.5, 0.6) is 0 Å². The van der Waals surface area contributed by atoms with Gasteiger partial charge in [0.25, 0.3) is 0 Å². The maximum atomic E-state index is 9.82. The van der Waals surface area contributed by atoms with Crippen LogP contribution in [-0.2, 0) is 6.54 Å². The summed E-state index contributed by atoms with van der Waals surface area (Å²) in [5.74, 6) is 0. The third-order valence-corrected chi connectivity index (χ3v) is 3.27. The number of nitrogens with zero attached hydrogens (tertiary/aromatic N) is 1. The molecule has 2 aromatic rings. The quantitative estimate of drug-likeness (QED) is 0.850. The van der Waals surface area contributed by atoms with Crippen LogP contribution in [0.15, 0.2) is 24.4 Å². The van der Waals surface area contributed by atoms with Crippen LogP contribution < -0.4 is 0 Å². The Balaban J connectivity index is 2.54. The summed E-state index contributed by atoms with van der Waals surface area (Å²) in [6.45, 7) is 7.17. The van der Waals surface area contributed by atoms with E-state index in [1.807, 2.05) is 6.92 Å². The molecule has 1 atom stereocenters. The fourth-order valence-corrected chi connectivity index (χ4v) is 2.28. The molecule has 1 unspecified atom stereocenters. The standard InChI is InChI=1S/C15H21NO/c1-4-5-8-16-10-14(12(3)17)13-7-6-11(2)9-15(13)16/h6-7,9-10,12,17H,4-5,8H2,1-3H3. The van der Waals surface area contributed by atoms with Gasteiger partial charge in [-0.05, 0) is 31.9 Å². The Morgan fingerprint density at radius 3 is 2.76 bits per heavy atom. The number of unbranched alkanes of at least 4 members (excludes halogenated alkanes) is 1. The lowest BCUT2D eigenvalue weighted by Gasteiger charge is -2.04. The number of fused-ring (bicyclic) bond motifs is 1.